The number of hydrogen-bond donors (Lipinski definition) is 0. The van der Waals surface area contributed by atoms with Gasteiger partial charge in [0.15, 0.2) is 5.13 Å². The lowest BCUT2D eigenvalue weighted by molar-refractivity contribution is -0.115. The van der Waals surface area contributed by atoms with Gasteiger partial charge in [-0.15, -0.1) is 11.3 Å². The molecule has 0 saturated heterocycles. The minimum Gasteiger partial charge on any atom is -0.399 e. The van der Waals surface area contributed by atoms with Crippen LogP contribution in [-0.2, 0) is 9.63 Å². The molecule has 1 aromatic heterocycles. The quantitative estimate of drug-likeness (QED) is 0.642. The number of aromatic nitrogens is 1. The maximum Gasteiger partial charge on any atom is 0.230 e. The minimum atomic E-state index is -0.0757. The summed E-state index contributed by atoms with van der Waals surface area (Å²) >= 11 is 1.39. The van der Waals surface area contributed by atoms with Crippen LogP contribution in [0.15, 0.2) is 28.7 Å². The van der Waals surface area contributed by atoms with Gasteiger partial charge in [-0.05, 0) is 31.0 Å². The van der Waals surface area contributed by atoms with Gasteiger partial charge in [0.25, 0.3) is 0 Å². The molecule has 2 aromatic rings. The van der Waals surface area contributed by atoms with E-state index >= 15 is 0 Å². The van der Waals surface area contributed by atoms with Crippen LogP contribution in [-0.4, -0.2) is 24.2 Å². The summed E-state index contributed by atoms with van der Waals surface area (Å²) in [5, 5.41) is 6.13. The van der Waals surface area contributed by atoms with Gasteiger partial charge in [0, 0.05) is 12.3 Å². The first kappa shape index (κ1) is 15.2. The van der Waals surface area contributed by atoms with E-state index in [0.717, 1.165) is 16.8 Å². The number of oxime groups is 1. The standard InChI is InChI=1S/C15H17N3O2S/c1-10-6-5-7-14(11(10)2)18(12(3)19)15-17-13(9-21-15)8-16-20-4/h5-9H,1-4H3. The van der Waals surface area contributed by atoms with Gasteiger partial charge < -0.3 is 4.84 Å². The Labute approximate surface area is 127 Å². The fourth-order valence-corrected chi connectivity index (χ4v) is 2.76. The zero-order chi connectivity index (χ0) is 15.4. The van der Waals surface area contributed by atoms with Crippen LogP contribution >= 0.6 is 11.3 Å². The molecule has 0 N–H and O–H groups in total. The van der Waals surface area contributed by atoms with E-state index in [1.165, 1.54) is 31.6 Å². The van der Waals surface area contributed by atoms with E-state index in [9.17, 15) is 4.79 Å². The van der Waals surface area contributed by atoms with Gasteiger partial charge in [-0.2, -0.15) is 0 Å². The van der Waals surface area contributed by atoms with Gasteiger partial charge in [-0.1, -0.05) is 17.3 Å². The number of anilines is 2. The van der Waals surface area contributed by atoms with Crippen molar-refractivity contribution in [3.05, 3.63) is 40.4 Å². The van der Waals surface area contributed by atoms with E-state index in [1.54, 1.807) is 4.90 Å². The number of nitrogens with zero attached hydrogens (tertiary/aromatic N) is 3. The number of rotatable bonds is 4. The molecule has 0 atom stereocenters. The third kappa shape index (κ3) is 3.28. The van der Waals surface area contributed by atoms with Crippen LogP contribution in [0.4, 0.5) is 10.8 Å². The Kier molecular flexibility index (Phi) is 4.70. The summed E-state index contributed by atoms with van der Waals surface area (Å²) in [6.45, 7) is 5.56. The maximum atomic E-state index is 12.1. The van der Waals surface area contributed by atoms with Gasteiger partial charge in [0.1, 0.15) is 7.11 Å². The fraction of sp³-hybridized carbons (Fsp3) is 0.267. The normalized spacial score (nSPS) is 10.9. The molecule has 0 unspecified atom stereocenters. The van der Waals surface area contributed by atoms with Crippen molar-refractivity contribution in [2.24, 2.45) is 5.16 Å². The van der Waals surface area contributed by atoms with E-state index in [1.807, 2.05) is 37.4 Å². The molecule has 0 fully saturated rings. The van der Waals surface area contributed by atoms with Crippen molar-refractivity contribution >= 4 is 34.3 Å². The topological polar surface area (TPSA) is 54.8 Å². The second kappa shape index (κ2) is 6.49. The third-order valence-electron chi connectivity index (χ3n) is 3.12. The third-order valence-corrected chi connectivity index (χ3v) is 3.97. The zero-order valence-electron chi connectivity index (χ0n) is 12.5. The highest BCUT2D eigenvalue weighted by Crippen LogP contribution is 2.32. The van der Waals surface area contributed by atoms with Gasteiger partial charge in [0.2, 0.25) is 5.91 Å². The molecule has 0 aliphatic rings. The molecule has 0 aliphatic heterocycles. The fourth-order valence-electron chi connectivity index (χ4n) is 1.93. The molecule has 0 bridgehead atoms. The van der Waals surface area contributed by atoms with Crippen LogP contribution in [0.5, 0.6) is 0 Å². The van der Waals surface area contributed by atoms with Gasteiger partial charge in [0.05, 0.1) is 17.6 Å². The van der Waals surface area contributed by atoms with E-state index in [-0.39, 0.29) is 5.91 Å². The van der Waals surface area contributed by atoms with Gasteiger partial charge >= 0.3 is 0 Å². The molecule has 1 heterocycles. The lowest BCUT2D eigenvalue weighted by atomic mass is 10.1. The molecule has 0 spiro atoms. The van der Waals surface area contributed by atoms with E-state index < -0.39 is 0 Å². The van der Waals surface area contributed by atoms with Crippen molar-refractivity contribution in [2.45, 2.75) is 20.8 Å². The number of carbonyl (C=O) groups excluding carboxylic acids is 1. The monoisotopic (exact) mass is 303 g/mol. The number of carbonyl (C=O) groups is 1. The van der Waals surface area contributed by atoms with E-state index in [0.29, 0.717) is 10.8 Å². The average Bonchev–Trinajstić information content (AvgIpc) is 2.89. The Balaban J connectivity index is 2.44. The lowest BCUT2D eigenvalue weighted by Crippen LogP contribution is -2.23. The highest BCUT2D eigenvalue weighted by molar-refractivity contribution is 7.14. The first-order valence-corrected chi connectivity index (χ1v) is 7.31. The Morgan fingerprint density at radius 3 is 2.86 bits per heavy atom. The molecule has 0 saturated carbocycles. The SMILES string of the molecule is CON=Cc1csc(N(C(C)=O)c2cccc(C)c2C)n1. The van der Waals surface area contributed by atoms with Crippen molar-refractivity contribution in [3.8, 4) is 0 Å². The summed E-state index contributed by atoms with van der Waals surface area (Å²) in [7, 11) is 1.47. The molecular weight excluding hydrogens is 286 g/mol. The first-order chi connectivity index (χ1) is 10.0. The molecule has 5 nitrogen and oxygen atoms in total. The van der Waals surface area contributed by atoms with Crippen molar-refractivity contribution in [2.75, 3.05) is 12.0 Å². The summed E-state index contributed by atoms with van der Waals surface area (Å²) in [6, 6.07) is 5.89. The number of benzene rings is 1. The van der Waals surface area contributed by atoms with Crippen LogP contribution in [0.3, 0.4) is 0 Å². The van der Waals surface area contributed by atoms with Crippen LogP contribution in [0.1, 0.15) is 23.7 Å². The summed E-state index contributed by atoms with van der Waals surface area (Å²) in [6.07, 6.45) is 1.52. The highest BCUT2D eigenvalue weighted by atomic mass is 32.1. The number of thiazole rings is 1. The second-order valence-corrected chi connectivity index (χ2v) is 5.38. The molecular formula is C15H17N3O2S. The maximum absolute atomic E-state index is 12.1. The molecule has 0 radical (unpaired) electrons. The molecule has 110 valence electrons. The number of hydrogen-bond acceptors (Lipinski definition) is 5. The number of amides is 1. The highest BCUT2D eigenvalue weighted by Gasteiger charge is 2.19. The van der Waals surface area contributed by atoms with E-state index in [2.05, 4.69) is 15.0 Å². The predicted octanol–water partition coefficient (Wildman–Crippen LogP) is 3.42. The Bertz CT molecular complexity index is 679. The smallest absolute Gasteiger partial charge is 0.230 e. The Hall–Kier alpha value is -2.21. The summed E-state index contributed by atoms with van der Waals surface area (Å²) in [5.41, 5.74) is 3.71. The molecule has 1 amide bonds. The largest absolute Gasteiger partial charge is 0.399 e. The van der Waals surface area contributed by atoms with E-state index in [4.69, 9.17) is 0 Å². The van der Waals surface area contributed by atoms with Crippen LogP contribution in [0.2, 0.25) is 0 Å². The second-order valence-electron chi connectivity index (χ2n) is 4.55. The van der Waals surface area contributed by atoms with Crippen molar-refractivity contribution in [3.63, 3.8) is 0 Å². The number of aryl methyl sites for hydroxylation is 1. The zero-order valence-corrected chi connectivity index (χ0v) is 13.3. The van der Waals surface area contributed by atoms with Crippen LogP contribution < -0.4 is 4.90 Å². The van der Waals surface area contributed by atoms with Crippen molar-refractivity contribution in [1.29, 1.82) is 0 Å². The molecule has 21 heavy (non-hydrogen) atoms. The Morgan fingerprint density at radius 1 is 1.43 bits per heavy atom. The summed E-state index contributed by atoms with van der Waals surface area (Å²) < 4.78 is 0. The molecule has 6 heteroatoms. The van der Waals surface area contributed by atoms with Gasteiger partial charge in [-0.3, -0.25) is 9.69 Å². The van der Waals surface area contributed by atoms with Crippen molar-refractivity contribution in [1.82, 2.24) is 4.98 Å². The molecule has 2 rings (SSSR count). The van der Waals surface area contributed by atoms with Crippen molar-refractivity contribution < 1.29 is 9.63 Å². The molecule has 1 aromatic carbocycles. The molecule has 0 aliphatic carbocycles. The minimum absolute atomic E-state index is 0.0757. The lowest BCUT2D eigenvalue weighted by Gasteiger charge is -2.21. The summed E-state index contributed by atoms with van der Waals surface area (Å²) in [5.74, 6) is -0.0757. The van der Waals surface area contributed by atoms with Crippen LogP contribution in [0, 0.1) is 13.8 Å². The van der Waals surface area contributed by atoms with Crippen LogP contribution in [0.25, 0.3) is 0 Å². The first-order valence-electron chi connectivity index (χ1n) is 6.43. The Morgan fingerprint density at radius 2 is 2.19 bits per heavy atom. The summed E-state index contributed by atoms with van der Waals surface area (Å²) in [4.78, 5) is 22.7. The predicted molar refractivity (Wildman–Crippen MR) is 85.5 cm³/mol. The van der Waals surface area contributed by atoms with Gasteiger partial charge in [-0.25, -0.2) is 4.98 Å². The average molecular weight is 303 g/mol.